The van der Waals surface area contributed by atoms with E-state index in [2.05, 4.69) is 0 Å². The Morgan fingerprint density at radius 3 is 2.73 bits per heavy atom. The minimum absolute atomic E-state index is 0.250. The largest absolute Gasteiger partial charge is 0.297 e. The lowest BCUT2D eigenvalue weighted by molar-refractivity contribution is 0.112. The summed E-state index contributed by atoms with van der Waals surface area (Å²) < 4.78 is 13.5. The zero-order chi connectivity index (χ0) is 10.8. The van der Waals surface area contributed by atoms with Crippen LogP contribution in [-0.2, 0) is 0 Å². The lowest BCUT2D eigenvalue weighted by Gasteiger charge is -2.00. The zero-order valence-corrected chi connectivity index (χ0v) is 8.98. The minimum Gasteiger partial charge on any atom is -0.297 e. The average molecular weight is 220 g/mol. The van der Waals surface area contributed by atoms with Gasteiger partial charge in [0.2, 0.25) is 0 Å². The molecule has 0 aliphatic rings. The molecule has 0 aliphatic heterocycles. The van der Waals surface area contributed by atoms with Crippen molar-refractivity contribution >= 4 is 17.6 Å². The van der Waals surface area contributed by atoms with Crippen molar-refractivity contribution in [2.24, 2.45) is 0 Å². The standard InChI is InChI=1S/C12H9FOS/c1-8-2-4-11(13)10(6-8)12-5-3-9(7-14)15-12/h2-7H,1H3. The SMILES string of the molecule is Cc1ccc(F)c(-c2ccc(C=O)s2)c1. The molecule has 0 radical (unpaired) electrons. The highest BCUT2D eigenvalue weighted by Crippen LogP contribution is 2.30. The Bertz CT molecular complexity index is 502. The van der Waals surface area contributed by atoms with E-state index in [4.69, 9.17) is 0 Å². The van der Waals surface area contributed by atoms with E-state index in [-0.39, 0.29) is 5.82 Å². The molecule has 0 spiro atoms. The molecule has 2 rings (SSSR count). The third-order valence-electron chi connectivity index (χ3n) is 2.13. The topological polar surface area (TPSA) is 17.1 Å². The Morgan fingerprint density at radius 1 is 1.27 bits per heavy atom. The van der Waals surface area contributed by atoms with Gasteiger partial charge in [0.1, 0.15) is 5.82 Å². The maximum Gasteiger partial charge on any atom is 0.160 e. The first kappa shape index (κ1) is 10.1. The molecule has 1 heterocycles. The Kier molecular flexibility index (Phi) is 2.64. The van der Waals surface area contributed by atoms with Crippen molar-refractivity contribution < 1.29 is 9.18 Å². The van der Waals surface area contributed by atoms with Gasteiger partial charge in [-0.15, -0.1) is 11.3 Å². The minimum atomic E-state index is -0.250. The van der Waals surface area contributed by atoms with Gasteiger partial charge in [0.05, 0.1) is 4.88 Å². The molecule has 0 unspecified atom stereocenters. The van der Waals surface area contributed by atoms with Crippen LogP contribution in [0.2, 0.25) is 0 Å². The second-order valence-electron chi connectivity index (χ2n) is 3.30. The zero-order valence-electron chi connectivity index (χ0n) is 8.16. The maximum absolute atomic E-state index is 13.5. The van der Waals surface area contributed by atoms with Gasteiger partial charge < -0.3 is 0 Å². The predicted molar refractivity (Wildman–Crippen MR) is 59.8 cm³/mol. The molecule has 0 N–H and O–H groups in total. The summed E-state index contributed by atoms with van der Waals surface area (Å²) in [6.45, 7) is 1.91. The fraction of sp³-hybridized carbons (Fsp3) is 0.0833. The summed E-state index contributed by atoms with van der Waals surface area (Å²) in [5.74, 6) is -0.250. The van der Waals surface area contributed by atoms with Crippen molar-refractivity contribution in [1.82, 2.24) is 0 Å². The molecule has 15 heavy (non-hydrogen) atoms. The first-order valence-electron chi connectivity index (χ1n) is 4.52. The summed E-state index contributed by atoms with van der Waals surface area (Å²) in [5.41, 5.74) is 1.57. The van der Waals surface area contributed by atoms with Crippen molar-refractivity contribution in [2.45, 2.75) is 6.92 Å². The number of aryl methyl sites for hydroxylation is 1. The van der Waals surface area contributed by atoms with Crippen LogP contribution in [0.3, 0.4) is 0 Å². The monoisotopic (exact) mass is 220 g/mol. The molecule has 0 saturated carbocycles. The number of carbonyl (C=O) groups excluding carboxylic acids is 1. The van der Waals surface area contributed by atoms with E-state index >= 15 is 0 Å². The van der Waals surface area contributed by atoms with Crippen LogP contribution in [0.15, 0.2) is 30.3 Å². The molecule has 2 aromatic rings. The van der Waals surface area contributed by atoms with Crippen LogP contribution in [0.1, 0.15) is 15.2 Å². The molecule has 3 heteroatoms. The number of carbonyl (C=O) groups is 1. The van der Waals surface area contributed by atoms with Gasteiger partial charge in [0.25, 0.3) is 0 Å². The Balaban J connectivity index is 2.52. The van der Waals surface area contributed by atoms with Crippen molar-refractivity contribution in [3.8, 4) is 10.4 Å². The lowest BCUT2D eigenvalue weighted by Crippen LogP contribution is -1.82. The average Bonchev–Trinajstić information content (AvgIpc) is 2.70. The molecule has 0 aliphatic carbocycles. The second kappa shape index (κ2) is 3.95. The van der Waals surface area contributed by atoms with E-state index in [0.29, 0.717) is 10.4 Å². The van der Waals surface area contributed by atoms with Crippen molar-refractivity contribution in [2.75, 3.05) is 0 Å². The molecule has 76 valence electrons. The number of halogens is 1. The van der Waals surface area contributed by atoms with Crippen LogP contribution in [-0.4, -0.2) is 6.29 Å². The Labute approximate surface area is 91.2 Å². The Morgan fingerprint density at radius 2 is 2.07 bits per heavy atom. The van der Waals surface area contributed by atoms with Gasteiger partial charge in [-0.1, -0.05) is 11.6 Å². The first-order chi connectivity index (χ1) is 7.20. The van der Waals surface area contributed by atoms with E-state index in [1.165, 1.54) is 17.4 Å². The number of hydrogen-bond acceptors (Lipinski definition) is 2. The third kappa shape index (κ3) is 1.97. The predicted octanol–water partition coefficient (Wildman–Crippen LogP) is 3.68. The van der Waals surface area contributed by atoms with Gasteiger partial charge in [-0.2, -0.15) is 0 Å². The van der Waals surface area contributed by atoms with Gasteiger partial charge in [-0.3, -0.25) is 4.79 Å². The molecule has 0 fully saturated rings. The molecule has 1 aromatic carbocycles. The highest BCUT2D eigenvalue weighted by atomic mass is 32.1. The van der Waals surface area contributed by atoms with E-state index in [9.17, 15) is 9.18 Å². The van der Waals surface area contributed by atoms with Crippen LogP contribution >= 0.6 is 11.3 Å². The molecular weight excluding hydrogens is 211 g/mol. The second-order valence-corrected chi connectivity index (χ2v) is 4.42. The van der Waals surface area contributed by atoms with Gasteiger partial charge in [0.15, 0.2) is 6.29 Å². The third-order valence-corrected chi connectivity index (χ3v) is 3.17. The fourth-order valence-electron chi connectivity index (χ4n) is 1.39. The smallest absolute Gasteiger partial charge is 0.160 e. The van der Waals surface area contributed by atoms with Crippen molar-refractivity contribution in [1.29, 1.82) is 0 Å². The molecule has 0 saturated heterocycles. The van der Waals surface area contributed by atoms with Crippen molar-refractivity contribution in [3.05, 3.63) is 46.6 Å². The summed E-state index contributed by atoms with van der Waals surface area (Å²) in [7, 11) is 0. The molecule has 1 aromatic heterocycles. The Hall–Kier alpha value is -1.48. The molecular formula is C12H9FOS. The number of aldehydes is 1. The molecule has 1 nitrogen and oxygen atoms in total. The molecule has 0 atom stereocenters. The normalized spacial score (nSPS) is 10.3. The number of rotatable bonds is 2. The summed E-state index contributed by atoms with van der Waals surface area (Å²) in [6, 6.07) is 8.44. The summed E-state index contributed by atoms with van der Waals surface area (Å²) in [6.07, 6.45) is 0.780. The summed E-state index contributed by atoms with van der Waals surface area (Å²) in [4.78, 5) is 11.9. The quantitative estimate of drug-likeness (QED) is 0.706. The fourth-order valence-corrected chi connectivity index (χ4v) is 2.23. The van der Waals surface area contributed by atoms with Gasteiger partial charge >= 0.3 is 0 Å². The molecule has 0 bridgehead atoms. The van der Waals surface area contributed by atoms with E-state index in [1.807, 2.05) is 6.92 Å². The van der Waals surface area contributed by atoms with Crippen LogP contribution in [0.5, 0.6) is 0 Å². The molecule has 0 amide bonds. The summed E-state index contributed by atoms with van der Waals surface area (Å²) in [5, 5.41) is 0. The summed E-state index contributed by atoms with van der Waals surface area (Å²) >= 11 is 1.30. The number of benzene rings is 1. The van der Waals surface area contributed by atoms with Crippen LogP contribution in [0, 0.1) is 12.7 Å². The van der Waals surface area contributed by atoms with Gasteiger partial charge in [0, 0.05) is 10.4 Å². The van der Waals surface area contributed by atoms with Crippen LogP contribution in [0.25, 0.3) is 10.4 Å². The van der Waals surface area contributed by atoms with Crippen molar-refractivity contribution in [3.63, 3.8) is 0 Å². The van der Waals surface area contributed by atoms with E-state index in [0.717, 1.165) is 16.7 Å². The number of hydrogen-bond donors (Lipinski definition) is 0. The van der Waals surface area contributed by atoms with E-state index in [1.54, 1.807) is 24.3 Å². The highest BCUT2D eigenvalue weighted by molar-refractivity contribution is 7.17. The maximum atomic E-state index is 13.5. The number of thiophene rings is 1. The van der Waals surface area contributed by atoms with Gasteiger partial charge in [-0.05, 0) is 31.2 Å². The van der Waals surface area contributed by atoms with E-state index < -0.39 is 0 Å². The van der Waals surface area contributed by atoms with Crippen LogP contribution in [0.4, 0.5) is 4.39 Å². The lowest BCUT2D eigenvalue weighted by atomic mass is 10.1. The van der Waals surface area contributed by atoms with Gasteiger partial charge in [-0.25, -0.2) is 4.39 Å². The first-order valence-corrected chi connectivity index (χ1v) is 5.34. The van der Waals surface area contributed by atoms with Crippen LogP contribution < -0.4 is 0 Å². The highest BCUT2D eigenvalue weighted by Gasteiger charge is 2.07.